The summed E-state index contributed by atoms with van der Waals surface area (Å²) in [6.45, 7) is 3.23. The summed E-state index contributed by atoms with van der Waals surface area (Å²) < 4.78 is 29.3. The van der Waals surface area contributed by atoms with Crippen molar-refractivity contribution in [2.45, 2.75) is 37.6 Å². The van der Waals surface area contributed by atoms with Crippen LogP contribution in [0.1, 0.15) is 34.5 Å². The van der Waals surface area contributed by atoms with Crippen molar-refractivity contribution in [3.05, 3.63) is 51.3 Å². The third-order valence-electron chi connectivity index (χ3n) is 5.74. The van der Waals surface area contributed by atoms with E-state index in [1.807, 2.05) is 4.68 Å². The Labute approximate surface area is 174 Å². The van der Waals surface area contributed by atoms with E-state index in [4.69, 9.17) is 0 Å². The number of piperazine rings is 1. The van der Waals surface area contributed by atoms with Crippen LogP contribution in [0.3, 0.4) is 0 Å². The maximum Gasteiger partial charge on any atom is 0.270 e. The molecule has 3 heterocycles. The lowest BCUT2D eigenvalue weighted by molar-refractivity contribution is -0.385. The third kappa shape index (κ3) is 3.58. The number of amides is 1. The van der Waals surface area contributed by atoms with Crippen LogP contribution in [0.25, 0.3) is 0 Å². The van der Waals surface area contributed by atoms with Gasteiger partial charge in [0, 0.05) is 44.9 Å². The van der Waals surface area contributed by atoms with Gasteiger partial charge in [0.1, 0.15) is 0 Å². The lowest BCUT2D eigenvalue weighted by atomic mass is 10.1. The highest BCUT2D eigenvalue weighted by molar-refractivity contribution is 7.89. The normalized spacial score (nSPS) is 17.6. The minimum Gasteiger partial charge on any atom is -0.336 e. The predicted octanol–water partition coefficient (Wildman–Crippen LogP) is 1.58. The second-order valence-corrected chi connectivity index (χ2v) is 9.49. The molecule has 1 saturated heterocycles. The van der Waals surface area contributed by atoms with Crippen LogP contribution in [-0.4, -0.2) is 64.4 Å². The van der Waals surface area contributed by atoms with E-state index in [1.165, 1.54) is 16.4 Å². The summed E-state index contributed by atoms with van der Waals surface area (Å²) >= 11 is 0. The number of hydrogen-bond acceptors (Lipinski definition) is 6. The predicted molar refractivity (Wildman–Crippen MR) is 108 cm³/mol. The first kappa shape index (κ1) is 20.5. The molecule has 0 radical (unpaired) electrons. The minimum atomic E-state index is -3.89. The lowest BCUT2D eigenvalue weighted by Gasteiger charge is -2.34. The van der Waals surface area contributed by atoms with Crippen molar-refractivity contribution >= 4 is 21.6 Å². The maximum absolute atomic E-state index is 13.1. The number of hydrogen-bond donors (Lipinski definition) is 0. The topological polar surface area (TPSA) is 119 Å². The maximum atomic E-state index is 13.1. The van der Waals surface area contributed by atoms with Crippen molar-refractivity contribution in [3.63, 3.8) is 0 Å². The van der Waals surface area contributed by atoms with Crippen LogP contribution in [0.4, 0.5) is 5.69 Å². The second-order valence-electron chi connectivity index (χ2n) is 7.59. The van der Waals surface area contributed by atoms with Gasteiger partial charge >= 0.3 is 0 Å². The first-order valence-electron chi connectivity index (χ1n) is 9.88. The summed E-state index contributed by atoms with van der Waals surface area (Å²) in [5, 5.41) is 15.4. The molecule has 11 heteroatoms. The van der Waals surface area contributed by atoms with Crippen LogP contribution in [0.2, 0.25) is 0 Å². The van der Waals surface area contributed by atoms with Crippen LogP contribution in [0.15, 0.2) is 29.3 Å². The van der Waals surface area contributed by atoms with Crippen LogP contribution >= 0.6 is 0 Å². The Hall–Kier alpha value is -2.79. The molecular weight excluding hydrogens is 410 g/mol. The van der Waals surface area contributed by atoms with E-state index in [0.29, 0.717) is 11.1 Å². The minimum absolute atomic E-state index is 0.0674. The van der Waals surface area contributed by atoms with Gasteiger partial charge in [-0.05, 0) is 31.7 Å². The van der Waals surface area contributed by atoms with Gasteiger partial charge in [0.25, 0.3) is 11.6 Å². The molecule has 0 bridgehead atoms. The number of fused-ring (bicyclic) bond motifs is 1. The van der Waals surface area contributed by atoms with Crippen LogP contribution in [0.5, 0.6) is 0 Å². The molecule has 1 aromatic heterocycles. The highest BCUT2D eigenvalue weighted by Gasteiger charge is 2.33. The first-order valence-corrected chi connectivity index (χ1v) is 11.3. The summed E-state index contributed by atoms with van der Waals surface area (Å²) in [5.74, 6) is -0.123. The molecule has 10 nitrogen and oxygen atoms in total. The van der Waals surface area contributed by atoms with E-state index in [0.717, 1.165) is 37.6 Å². The standard InChI is InChI=1S/C19H23N5O5S/c1-14-5-6-15(24(26)27)12-18(14)30(28,29)22-10-8-21(9-11-22)19(25)16-13-20-23-7-3-2-4-17(16)23/h5-6,12-13H,2-4,7-11H2,1H3. The quantitative estimate of drug-likeness (QED) is 0.534. The summed E-state index contributed by atoms with van der Waals surface area (Å²) in [6.07, 6.45) is 4.51. The molecule has 160 valence electrons. The fraction of sp³-hybridized carbons (Fsp3) is 0.474. The number of nitro benzene ring substituents is 1. The number of aromatic nitrogens is 2. The van der Waals surface area contributed by atoms with Crippen LogP contribution < -0.4 is 0 Å². The zero-order valence-corrected chi connectivity index (χ0v) is 17.5. The number of carbonyl (C=O) groups excluding carboxylic acids is 1. The first-order chi connectivity index (χ1) is 14.3. The van der Waals surface area contributed by atoms with Crippen LogP contribution in [-0.2, 0) is 23.0 Å². The van der Waals surface area contributed by atoms with Gasteiger partial charge in [-0.1, -0.05) is 6.07 Å². The smallest absolute Gasteiger partial charge is 0.270 e. The van der Waals surface area contributed by atoms with E-state index in [2.05, 4.69) is 5.10 Å². The Balaban J connectivity index is 1.49. The summed E-state index contributed by atoms with van der Waals surface area (Å²) in [4.78, 5) is 25.0. The Kier molecular flexibility index (Phi) is 5.33. The number of benzene rings is 1. The van der Waals surface area contributed by atoms with Crippen molar-refractivity contribution in [2.75, 3.05) is 26.2 Å². The van der Waals surface area contributed by atoms with Crippen molar-refractivity contribution in [1.29, 1.82) is 0 Å². The highest BCUT2D eigenvalue weighted by atomic mass is 32.2. The fourth-order valence-electron chi connectivity index (χ4n) is 4.02. The van der Waals surface area contributed by atoms with Gasteiger partial charge in [-0.25, -0.2) is 8.42 Å². The molecule has 4 rings (SSSR count). The van der Waals surface area contributed by atoms with Gasteiger partial charge in [0.15, 0.2) is 0 Å². The Morgan fingerprint density at radius 1 is 1.13 bits per heavy atom. The molecule has 0 N–H and O–H groups in total. The Morgan fingerprint density at radius 2 is 1.87 bits per heavy atom. The average Bonchev–Trinajstić information content (AvgIpc) is 3.17. The summed E-state index contributed by atoms with van der Waals surface area (Å²) in [7, 11) is -3.89. The number of carbonyl (C=O) groups is 1. The number of non-ortho nitro benzene ring substituents is 1. The van der Waals surface area contributed by atoms with E-state index >= 15 is 0 Å². The van der Waals surface area contributed by atoms with Gasteiger partial charge in [-0.2, -0.15) is 9.40 Å². The zero-order valence-electron chi connectivity index (χ0n) is 16.7. The number of sulfonamides is 1. The van der Waals surface area contributed by atoms with E-state index in [1.54, 1.807) is 18.0 Å². The number of nitro groups is 1. The number of aryl methyl sites for hydroxylation is 2. The SMILES string of the molecule is Cc1ccc([N+](=O)[O-])cc1S(=O)(=O)N1CCN(C(=O)c2cnn3c2CCCC3)CC1. The zero-order chi connectivity index (χ0) is 21.5. The molecule has 0 spiro atoms. The van der Waals surface area contributed by atoms with E-state index in [9.17, 15) is 23.3 Å². The van der Waals surface area contributed by atoms with Crippen molar-refractivity contribution in [1.82, 2.24) is 19.0 Å². The summed E-state index contributed by atoms with van der Waals surface area (Å²) in [6, 6.07) is 3.83. The second kappa shape index (κ2) is 7.80. The number of nitrogens with zero attached hydrogens (tertiary/aromatic N) is 5. The van der Waals surface area contributed by atoms with Crippen molar-refractivity contribution < 1.29 is 18.1 Å². The lowest BCUT2D eigenvalue weighted by Crippen LogP contribution is -2.50. The molecule has 0 aliphatic carbocycles. The molecule has 1 amide bonds. The monoisotopic (exact) mass is 433 g/mol. The van der Waals surface area contributed by atoms with E-state index in [-0.39, 0.29) is 42.7 Å². The van der Waals surface area contributed by atoms with Crippen molar-refractivity contribution in [2.24, 2.45) is 0 Å². The fourth-order valence-corrected chi connectivity index (χ4v) is 5.69. The molecular formula is C19H23N5O5S. The van der Waals surface area contributed by atoms with Gasteiger partial charge < -0.3 is 4.90 Å². The molecule has 0 unspecified atom stereocenters. The van der Waals surface area contributed by atoms with Crippen molar-refractivity contribution in [3.8, 4) is 0 Å². The molecule has 2 aromatic rings. The Bertz CT molecular complexity index is 1100. The Morgan fingerprint density at radius 3 is 2.57 bits per heavy atom. The van der Waals surface area contributed by atoms with Crippen LogP contribution in [0, 0.1) is 17.0 Å². The third-order valence-corrected chi connectivity index (χ3v) is 7.78. The van der Waals surface area contributed by atoms with Gasteiger partial charge in [-0.3, -0.25) is 19.6 Å². The van der Waals surface area contributed by atoms with Gasteiger partial charge in [0.2, 0.25) is 10.0 Å². The van der Waals surface area contributed by atoms with E-state index < -0.39 is 14.9 Å². The molecule has 0 saturated carbocycles. The summed E-state index contributed by atoms with van der Waals surface area (Å²) in [5.41, 5.74) is 1.73. The average molecular weight is 433 g/mol. The molecule has 2 aliphatic heterocycles. The highest BCUT2D eigenvalue weighted by Crippen LogP contribution is 2.26. The molecule has 30 heavy (non-hydrogen) atoms. The number of rotatable bonds is 4. The molecule has 1 aromatic carbocycles. The van der Waals surface area contributed by atoms with Gasteiger partial charge in [0.05, 0.1) is 27.3 Å². The molecule has 1 fully saturated rings. The largest absolute Gasteiger partial charge is 0.336 e. The van der Waals surface area contributed by atoms with Gasteiger partial charge in [-0.15, -0.1) is 0 Å². The molecule has 2 aliphatic rings. The molecule has 0 atom stereocenters.